The molecule has 6 heteroatoms. The van der Waals surface area contributed by atoms with Crippen LogP contribution in [0.1, 0.15) is 32.1 Å². The molecule has 0 aliphatic heterocycles. The summed E-state index contributed by atoms with van der Waals surface area (Å²) in [5.41, 5.74) is 2.78. The summed E-state index contributed by atoms with van der Waals surface area (Å²) in [6.45, 7) is 0. The first kappa shape index (κ1) is 13.7. The van der Waals surface area contributed by atoms with Gasteiger partial charge in [0.1, 0.15) is 5.69 Å². The molecule has 0 radical (unpaired) electrons. The van der Waals surface area contributed by atoms with Gasteiger partial charge in [-0.1, -0.05) is 49.6 Å². The van der Waals surface area contributed by atoms with E-state index in [0.29, 0.717) is 10.9 Å². The summed E-state index contributed by atoms with van der Waals surface area (Å²) in [4.78, 5) is 1.18. The normalized spacial score (nSPS) is 16.2. The van der Waals surface area contributed by atoms with Crippen LogP contribution in [0.25, 0.3) is 16.9 Å². The first-order valence-electron chi connectivity index (χ1n) is 7.72. The number of fused-ring (bicyclic) bond motifs is 1. The van der Waals surface area contributed by atoms with Gasteiger partial charge in [0.2, 0.25) is 5.65 Å². The fraction of sp³-hybridized carbons (Fsp3) is 0.375. The quantitative estimate of drug-likeness (QED) is 0.739. The molecule has 0 amide bonds. The summed E-state index contributed by atoms with van der Waals surface area (Å²) in [5, 5.41) is 17.0. The van der Waals surface area contributed by atoms with Gasteiger partial charge in [-0.2, -0.15) is 0 Å². The van der Waals surface area contributed by atoms with Gasteiger partial charge in [-0.15, -0.1) is 26.6 Å². The lowest BCUT2D eigenvalue weighted by atomic mass is 10.0. The monoisotopic (exact) mass is 311 g/mol. The minimum atomic E-state index is 0.677. The van der Waals surface area contributed by atoms with Crippen molar-refractivity contribution in [3.63, 3.8) is 0 Å². The molecule has 1 aliphatic rings. The summed E-state index contributed by atoms with van der Waals surface area (Å²) < 4.78 is 1.51. The zero-order valence-corrected chi connectivity index (χ0v) is 13.0. The lowest BCUT2D eigenvalue weighted by Gasteiger charge is -2.21. The third-order valence-corrected chi connectivity index (χ3v) is 5.43. The largest absolute Gasteiger partial charge is 0.201 e. The Balaban J connectivity index is 1.76. The minimum absolute atomic E-state index is 0.677. The molecule has 1 saturated carbocycles. The highest BCUT2D eigenvalue weighted by Crippen LogP contribution is 2.38. The molecule has 1 aromatic carbocycles. The van der Waals surface area contributed by atoms with Gasteiger partial charge in [0.05, 0.1) is 0 Å². The van der Waals surface area contributed by atoms with Crippen molar-refractivity contribution in [3.05, 3.63) is 36.4 Å². The van der Waals surface area contributed by atoms with Gasteiger partial charge in [-0.25, -0.2) is 0 Å². The molecule has 0 unspecified atom stereocenters. The molecular weight excluding hydrogens is 294 g/mol. The molecule has 0 N–H and O–H groups in total. The number of hydrogen-bond donors (Lipinski definition) is 0. The molecule has 112 valence electrons. The zero-order valence-electron chi connectivity index (χ0n) is 12.2. The summed E-state index contributed by atoms with van der Waals surface area (Å²) >= 11 is 1.93. The lowest BCUT2D eigenvalue weighted by molar-refractivity contribution is 0.516. The van der Waals surface area contributed by atoms with E-state index in [2.05, 4.69) is 38.8 Å². The minimum Gasteiger partial charge on any atom is -0.146 e. The predicted molar refractivity (Wildman–Crippen MR) is 86.7 cm³/mol. The highest BCUT2D eigenvalue weighted by atomic mass is 32.2. The molecule has 0 saturated heterocycles. The van der Waals surface area contributed by atoms with Crippen molar-refractivity contribution in [1.82, 2.24) is 25.3 Å². The van der Waals surface area contributed by atoms with Crippen molar-refractivity contribution in [1.29, 1.82) is 0 Å². The Labute approximate surface area is 133 Å². The van der Waals surface area contributed by atoms with Gasteiger partial charge in [0.25, 0.3) is 0 Å². The third-order valence-electron chi connectivity index (χ3n) is 4.06. The van der Waals surface area contributed by atoms with E-state index in [4.69, 9.17) is 0 Å². The van der Waals surface area contributed by atoms with Crippen molar-refractivity contribution in [2.24, 2.45) is 0 Å². The second-order valence-corrected chi connectivity index (χ2v) is 6.97. The van der Waals surface area contributed by atoms with E-state index in [1.165, 1.54) is 41.6 Å². The van der Waals surface area contributed by atoms with E-state index < -0.39 is 0 Å². The SMILES string of the molecule is c1ccc(-c2nn3nnnc3cc2SC2CCCCC2)cc1. The van der Waals surface area contributed by atoms with Crippen LogP contribution in [0.5, 0.6) is 0 Å². The predicted octanol–water partition coefficient (Wildman–Crippen LogP) is 3.61. The molecule has 0 atom stereocenters. The van der Waals surface area contributed by atoms with E-state index in [9.17, 15) is 0 Å². The number of nitrogens with zero attached hydrogens (tertiary/aromatic N) is 5. The molecular formula is C16H17N5S. The van der Waals surface area contributed by atoms with E-state index in [0.717, 1.165) is 11.3 Å². The Kier molecular flexibility index (Phi) is 3.76. The fourth-order valence-electron chi connectivity index (χ4n) is 2.93. The second kappa shape index (κ2) is 6.04. The topological polar surface area (TPSA) is 56.0 Å². The maximum absolute atomic E-state index is 4.63. The van der Waals surface area contributed by atoms with E-state index >= 15 is 0 Å². The lowest BCUT2D eigenvalue weighted by Crippen LogP contribution is -2.09. The van der Waals surface area contributed by atoms with Gasteiger partial charge < -0.3 is 0 Å². The molecule has 0 bridgehead atoms. The molecule has 3 aromatic rings. The van der Waals surface area contributed by atoms with Crippen LogP contribution in [0.2, 0.25) is 0 Å². The van der Waals surface area contributed by atoms with Crippen LogP contribution in [0.15, 0.2) is 41.3 Å². The maximum Gasteiger partial charge on any atom is 0.201 e. The molecule has 1 aliphatic carbocycles. The number of rotatable bonds is 3. The van der Waals surface area contributed by atoms with Crippen LogP contribution >= 0.6 is 11.8 Å². The Bertz CT molecular complexity index is 765. The van der Waals surface area contributed by atoms with Crippen molar-refractivity contribution in [2.45, 2.75) is 42.2 Å². The molecule has 5 nitrogen and oxygen atoms in total. The molecule has 2 aromatic heterocycles. The van der Waals surface area contributed by atoms with E-state index in [-0.39, 0.29) is 0 Å². The average Bonchev–Trinajstić information content (AvgIpc) is 3.03. The van der Waals surface area contributed by atoms with Crippen LogP contribution < -0.4 is 0 Å². The Morgan fingerprint density at radius 2 is 1.86 bits per heavy atom. The molecule has 1 fully saturated rings. The van der Waals surface area contributed by atoms with Crippen molar-refractivity contribution in [3.8, 4) is 11.3 Å². The van der Waals surface area contributed by atoms with Crippen LogP contribution in [0, 0.1) is 0 Å². The third kappa shape index (κ3) is 2.70. The second-order valence-electron chi connectivity index (χ2n) is 5.63. The number of hydrogen-bond acceptors (Lipinski definition) is 5. The summed E-state index contributed by atoms with van der Waals surface area (Å²) in [6.07, 6.45) is 6.61. The highest BCUT2D eigenvalue weighted by Gasteiger charge is 2.19. The average molecular weight is 311 g/mol. The molecule has 0 spiro atoms. The van der Waals surface area contributed by atoms with E-state index in [1.807, 2.05) is 30.0 Å². The smallest absolute Gasteiger partial charge is 0.146 e. The zero-order chi connectivity index (χ0) is 14.8. The van der Waals surface area contributed by atoms with Crippen molar-refractivity contribution in [2.75, 3.05) is 0 Å². The van der Waals surface area contributed by atoms with Crippen LogP contribution in [-0.4, -0.2) is 30.5 Å². The number of benzene rings is 1. The Hall–Kier alpha value is -1.95. The number of aromatic nitrogens is 5. The first-order valence-corrected chi connectivity index (χ1v) is 8.59. The molecule has 4 rings (SSSR count). The van der Waals surface area contributed by atoms with Crippen LogP contribution in [0.3, 0.4) is 0 Å². The summed E-state index contributed by atoms with van der Waals surface area (Å²) in [5.74, 6) is 0. The fourth-order valence-corrected chi connectivity index (χ4v) is 4.30. The Morgan fingerprint density at radius 3 is 2.68 bits per heavy atom. The van der Waals surface area contributed by atoms with Crippen LogP contribution in [0.4, 0.5) is 0 Å². The van der Waals surface area contributed by atoms with Gasteiger partial charge in [-0.05, 0) is 23.3 Å². The molecule has 2 heterocycles. The van der Waals surface area contributed by atoms with Gasteiger partial charge in [0, 0.05) is 21.8 Å². The van der Waals surface area contributed by atoms with Gasteiger partial charge >= 0.3 is 0 Å². The maximum atomic E-state index is 4.63. The van der Waals surface area contributed by atoms with Crippen molar-refractivity contribution >= 4 is 17.4 Å². The van der Waals surface area contributed by atoms with Crippen molar-refractivity contribution < 1.29 is 0 Å². The number of tetrazole rings is 1. The highest BCUT2D eigenvalue weighted by molar-refractivity contribution is 8.00. The standard InChI is InChI=1S/C16H17N5S/c1-3-7-12(8-4-1)16-14(22-13-9-5-2-6-10-13)11-15-17-19-20-21(15)18-16/h1,3-4,7-8,11,13H,2,5-6,9-10H2. The van der Waals surface area contributed by atoms with Gasteiger partial charge in [0.15, 0.2) is 0 Å². The van der Waals surface area contributed by atoms with Crippen LogP contribution in [-0.2, 0) is 0 Å². The van der Waals surface area contributed by atoms with E-state index in [1.54, 1.807) is 0 Å². The Morgan fingerprint density at radius 1 is 1.05 bits per heavy atom. The molecule has 22 heavy (non-hydrogen) atoms. The number of thioether (sulfide) groups is 1. The van der Waals surface area contributed by atoms with Gasteiger partial charge in [-0.3, -0.25) is 0 Å². The summed E-state index contributed by atoms with van der Waals surface area (Å²) in [6, 6.07) is 12.3. The summed E-state index contributed by atoms with van der Waals surface area (Å²) in [7, 11) is 0. The first-order chi connectivity index (χ1) is 10.9.